The first-order chi connectivity index (χ1) is 5.72. The lowest BCUT2D eigenvalue weighted by atomic mass is 9.98. The maximum absolute atomic E-state index is 10.4. The smallest absolute Gasteiger partial charge is 0.123 e. The number of hydrogen-bond donors (Lipinski definition) is 1. The summed E-state index contributed by atoms with van der Waals surface area (Å²) in [6.45, 7) is 4.44. The third-order valence-corrected chi connectivity index (χ3v) is 2.35. The third-order valence-electron chi connectivity index (χ3n) is 2.35. The maximum Gasteiger partial charge on any atom is 0.123 e. The Morgan fingerprint density at radius 2 is 2.17 bits per heavy atom. The van der Waals surface area contributed by atoms with Gasteiger partial charge in [-0.25, -0.2) is 0 Å². The van der Waals surface area contributed by atoms with Gasteiger partial charge in [-0.05, 0) is 32.9 Å². The topological polar surface area (TPSA) is 40.5 Å². The molecule has 0 aliphatic carbocycles. The van der Waals surface area contributed by atoms with Gasteiger partial charge in [0, 0.05) is 12.5 Å². The summed E-state index contributed by atoms with van der Waals surface area (Å²) < 4.78 is 0. The van der Waals surface area contributed by atoms with Crippen molar-refractivity contribution in [2.45, 2.75) is 25.9 Å². The second-order valence-corrected chi connectivity index (χ2v) is 3.62. The fraction of sp³-hybridized carbons (Fsp3) is 0.889. The van der Waals surface area contributed by atoms with Crippen molar-refractivity contribution in [3.63, 3.8) is 0 Å². The molecule has 0 saturated carbocycles. The molecule has 0 aromatic heterocycles. The number of β-amino-alcohol motifs (C(OH)–C–C–N with tert-alkyl or cyclic N) is 1. The molecule has 0 aromatic rings. The second-order valence-electron chi connectivity index (χ2n) is 3.62. The van der Waals surface area contributed by atoms with Gasteiger partial charge in [0.1, 0.15) is 6.29 Å². The average Bonchev–Trinajstić information content (AvgIpc) is 2.05. The molecule has 1 aliphatic heterocycles. The second kappa shape index (κ2) is 4.58. The molecular formula is C9H17NO2. The summed E-state index contributed by atoms with van der Waals surface area (Å²) in [5, 5.41) is 9.12. The van der Waals surface area contributed by atoms with E-state index in [2.05, 4.69) is 4.90 Å². The van der Waals surface area contributed by atoms with Gasteiger partial charge >= 0.3 is 0 Å². The van der Waals surface area contributed by atoms with Crippen LogP contribution in [0.2, 0.25) is 0 Å². The summed E-state index contributed by atoms with van der Waals surface area (Å²) in [6.07, 6.45) is 2.71. The Kier molecular flexibility index (Phi) is 3.69. The molecule has 1 fully saturated rings. The molecule has 12 heavy (non-hydrogen) atoms. The maximum atomic E-state index is 10.4. The standard InChI is InChI=1S/C9H17NO2/c1-8(12)6-10-4-2-9(7-11)3-5-10/h7-9,12H,2-6H2,1H3. The van der Waals surface area contributed by atoms with E-state index in [1.165, 1.54) is 0 Å². The molecule has 0 radical (unpaired) electrons. The molecule has 0 spiro atoms. The molecule has 1 aliphatic rings. The van der Waals surface area contributed by atoms with E-state index < -0.39 is 0 Å². The first kappa shape index (κ1) is 9.68. The van der Waals surface area contributed by atoms with Gasteiger partial charge in [-0.2, -0.15) is 0 Å². The molecule has 1 rings (SSSR count). The van der Waals surface area contributed by atoms with Gasteiger partial charge < -0.3 is 14.8 Å². The summed E-state index contributed by atoms with van der Waals surface area (Å²) in [4.78, 5) is 12.6. The zero-order chi connectivity index (χ0) is 8.97. The van der Waals surface area contributed by atoms with Crippen molar-refractivity contribution < 1.29 is 9.90 Å². The van der Waals surface area contributed by atoms with Gasteiger partial charge in [0.2, 0.25) is 0 Å². The van der Waals surface area contributed by atoms with Gasteiger partial charge in [0.15, 0.2) is 0 Å². The number of carbonyl (C=O) groups excluding carboxylic acids is 1. The summed E-state index contributed by atoms with van der Waals surface area (Å²) in [7, 11) is 0. The molecule has 0 amide bonds. The van der Waals surface area contributed by atoms with Gasteiger partial charge in [0.05, 0.1) is 6.10 Å². The van der Waals surface area contributed by atoms with E-state index >= 15 is 0 Å². The predicted octanol–water partition coefficient (Wildman–Crippen LogP) is 0.278. The fourth-order valence-corrected chi connectivity index (χ4v) is 1.65. The molecule has 1 N–H and O–H groups in total. The highest BCUT2D eigenvalue weighted by Crippen LogP contribution is 2.14. The summed E-state index contributed by atoms with van der Waals surface area (Å²) in [5.74, 6) is 0.259. The Bertz CT molecular complexity index is 139. The highest BCUT2D eigenvalue weighted by atomic mass is 16.3. The van der Waals surface area contributed by atoms with E-state index in [-0.39, 0.29) is 12.0 Å². The lowest BCUT2D eigenvalue weighted by Crippen LogP contribution is -2.38. The zero-order valence-corrected chi connectivity index (χ0v) is 7.57. The number of aliphatic hydroxyl groups excluding tert-OH is 1. The number of nitrogens with zero attached hydrogens (tertiary/aromatic N) is 1. The van der Waals surface area contributed by atoms with Crippen LogP contribution in [-0.2, 0) is 4.79 Å². The first-order valence-electron chi connectivity index (χ1n) is 4.58. The van der Waals surface area contributed by atoms with Crippen LogP contribution in [0.4, 0.5) is 0 Å². The van der Waals surface area contributed by atoms with Crippen molar-refractivity contribution >= 4 is 6.29 Å². The lowest BCUT2D eigenvalue weighted by molar-refractivity contribution is -0.112. The minimum absolute atomic E-state index is 0.252. The van der Waals surface area contributed by atoms with Crippen LogP contribution in [0.3, 0.4) is 0 Å². The minimum Gasteiger partial charge on any atom is -0.392 e. The normalized spacial score (nSPS) is 23.8. The van der Waals surface area contributed by atoms with Crippen molar-refractivity contribution in [1.82, 2.24) is 4.90 Å². The van der Waals surface area contributed by atoms with Crippen LogP contribution in [0.1, 0.15) is 19.8 Å². The van der Waals surface area contributed by atoms with Crippen LogP contribution in [0.5, 0.6) is 0 Å². The Balaban J connectivity index is 2.21. The summed E-state index contributed by atoms with van der Waals surface area (Å²) >= 11 is 0. The minimum atomic E-state index is -0.252. The Labute approximate surface area is 73.4 Å². The summed E-state index contributed by atoms with van der Waals surface area (Å²) in [5.41, 5.74) is 0. The van der Waals surface area contributed by atoms with Crippen LogP contribution in [0.25, 0.3) is 0 Å². The number of carbonyl (C=O) groups is 1. The monoisotopic (exact) mass is 171 g/mol. The summed E-state index contributed by atoms with van der Waals surface area (Å²) in [6, 6.07) is 0. The van der Waals surface area contributed by atoms with E-state index in [1.54, 1.807) is 6.92 Å². The van der Waals surface area contributed by atoms with Gasteiger partial charge in [-0.15, -0.1) is 0 Å². The number of aliphatic hydroxyl groups is 1. The van der Waals surface area contributed by atoms with Crippen molar-refractivity contribution in [2.24, 2.45) is 5.92 Å². The predicted molar refractivity (Wildman–Crippen MR) is 46.9 cm³/mol. The van der Waals surface area contributed by atoms with E-state index in [9.17, 15) is 4.79 Å². The molecule has 1 atom stereocenters. The van der Waals surface area contributed by atoms with Crippen molar-refractivity contribution in [1.29, 1.82) is 0 Å². The number of piperidine rings is 1. The Morgan fingerprint density at radius 1 is 1.58 bits per heavy atom. The van der Waals surface area contributed by atoms with Crippen molar-refractivity contribution in [3.8, 4) is 0 Å². The molecule has 3 nitrogen and oxygen atoms in total. The highest BCUT2D eigenvalue weighted by molar-refractivity contribution is 5.53. The van der Waals surface area contributed by atoms with Crippen molar-refractivity contribution in [3.05, 3.63) is 0 Å². The fourth-order valence-electron chi connectivity index (χ4n) is 1.65. The largest absolute Gasteiger partial charge is 0.392 e. The molecule has 1 heterocycles. The van der Waals surface area contributed by atoms with Crippen LogP contribution in [0.15, 0.2) is 0 Å². The Morgan fingerprint density at radius 3 is 2.58 bits per heavy atom. The average molecular weight is 171 g/mol. The van der Waals surface area contributed by atoms with E-state index in [0.29, 0.717) is 0 Å². The number of aldehydes is 1. The molecule has 0 bridgehead atoms. The van der Waals surface area contributed by atoms with Gasteiger partial charge in [-0.3, -0.25) is 0 Å². The quantitative estimate of drug-likeness (QED) is 0.620. The lowest BCUT2D eigenvalue weighted by Gasteiger charge is -2.30. The van der Waals surface area contributed by atoms with Crippen LogP contribution >= 0.6 is 0 Å². The van der Waals surface area contributed by atoms with E-state index in [4.69, 9.17) is 5.11 Å². The van der Waals surface area contributed by atoms with Crippen LogP contribution in [-0.4, -0.2) is 42.0 Å². The van der Waals surface area contributed by atoms with Crippen LogP contribution in [0, 0.1) is 5.92 Å². The first-order valence-corrected chi connectivity index (χ1v) is 4.58. The number of hydrogen-bond acceptors (Lipinski definition) is 3. The SMILES string of the molecule is CC(O)CN1CCC(C=O)CC1. The molecule has 1 saturated heterocycles. The van der Waals surface area contributed by atoms with Gasteiger partial charge in [0.25, 0.3) is 0 Å². The molecule has 1 unspecified atom stereocenters. The Hall–Kier alpha value is -0.410. The molecule has 70 valence electrons. The van der Waals surface area contributed by atoms with Crippen LogP contribution < -0.4 is 0 Å². The molecule has 0 aromatic carbocycles. The van der Waals surface area contributed by atoms with Crippen molar-refractivity contribution in [2.75, 3.05) is 19.6 Å². The number of likely N-dealkylation sites (tertiary alicyclic amines) is 1. The number of rotatable bonds is 3. The van der Waals surface area contributed by atoms with Gasteiger partial charge in [-0.1, -0.05) is 0 Å². The van der Waals surface area contributed by atoms with E-state index in [0.717, 1.165) is 38.8 Å². The molecular weight excluding hydrogens is 154 g/mol. The zero-order valence-electron chi connectivity index (χ0n) is 7.57. The molecule has 3 heteroatoms. The third kappa shape index (κ3) is 2.91. The highest BCUT2D eigenvalue weighted by Gasteiger charge is 2.18. The van der Waals surface area contributed by atoms with E-state index in [1.807, 2.05) is 0 Å².